The summed E-state index contributed by atoms with van der Waals surface area (Å²) in [6.07, 6.45) is 5.52. The lowest BCUT2D eigenvalue weighted by molar-refractivity contribution is 1.03. The largest absolute Gasteiger partial charge is 0.352 e. The maximum atomic E-state index is 4.28. The average molecular weight is 292 g/mol. The number of nitrogens with zero attached hydrogens (tertiary/aromatic N) is 2. The minimum atomic E-state index is 0.695. The summed E-state index contributed by atoms with van der Waals surface area (Å²) in [7, 11) is 0. The van der Waals surface area contributed by atoms with Crippen molar-refractivity contribution in [2.45, 2.75) is 6.92 Å². The number of benzene rings is 1. The van der Waals surface area contributed by atoms with Crippen LogP contribution in [0, 0.1) is 6.92 Å². The highest BCUT2D eigenvalue weighted by atomic mass is 79.9. The molecule has 1 N–H and O–H groups in total. The predicted octanol–water partition coefficient (Wildman–Crippen LogP) is 3.54. The molecule has 0 bridgehead atoms. The van der Waals surface area contributed by atoms with Gasteiger partial charge in [0.2, 0.25) is 5.95 Å². The number of nitrogens with one attached hydrogen (secondary N) is 1. The highest BCUT2D eigenvalue weighted by molar-refractivity contribution is 9.10. The second-order valence-corrected chi connectivity index (χ2v) is 4.49. The summed E-state index contributed by atoms with van der Waals surface area (Å²) in [5.74, 6) is 0.816. The van der Waals surface area contributed by atoms with E-state index in [1.165, 1.54) is 5.56 Å². The quantitative estimate of drug-likeness (QED) is 0.873. The molecule has 1 aromatic heterocycles. The Balaban J connectivity index is 2.42. The molecule has 0 unspecified atom stereocenters. The summed E-state index contributed by atoms with van der Waals surface area (Å²) in [4.78, 5) is 4.28. The Morgan fingerprint density at radius 2 is 2.35 bits per heavy atom. The van der Waals surface area contributed by atoms with Crippen molar-refractivity contribution in [2.24, 2.45) is 0 Å². The molecule has 17 heavy (non-hydrogen) atoms. The monoisotopic (exact) mass is 291 g/mol. The van der Waals surface area contributed by atoms with E-state index in [9.17, 15) is 0 Å². The van der Waals surface area contributed by atoms with Crippen LogP contribution in [-0.4, -0.2) is 16.1 Å². The first-order chi connectivity index (χ1) is 8.24. The number of aromatic nitrogens is 2. The Labute approximate surface area is 109 Å². The van der Waals surface area contributed by atoms with Crippen LogP contribution in [-0.2, 0) is 0 Å². The molecule has 0 fully saturated rings. The molecule has 3 nitrogen and oxygen atoms in total. The molecule has 0 amide bonds. The van der Waals surface area contributed by atoms with Gasteiger partial charge in [0.1, 0.15) is 0 Å². The van der Waals surface area contributed by atoms with Crippen molar-refractivity contribution in [3.05, 3.63) is 53.3 Å². The van der Waals surface area contributed by atoms with Gasteiger partial charge < -0.3 is 5.32 Å². The molecule has 0 aliphatic rings. The van der Waals surface area contributed by atoms with E-state index in [0.29, 0.717) is 6.54 Å². The van der Waals surface area contributed by atoms with Crippen LogP contribution < -0.4 is 5.32 Å². The van der Waals surface area contributed by atoms with Crippen LogP contribution in [0.2, 0.25) is 0 Å². The van der Waals surface area contributed by atoms with Gasteiger partial charge in [-0.3, -0.25) is 4.57 Å². The Morgan fingerprint density at radius 1 is 1.53 bits per heavy atom. The van der Waals surface area contributed by atoms with Crippen molar-refractivity contribution >= 4 is 21.9 Å². The average Bonchev–Trinajstić information content (AvgIpc) is 2.78. The number of halogens is 1. The maximum Gasteiger partial charge on any atom is 0.207 e. The minimum absolute atomic E-state index is 0.695. The molecule has 88 valence electrons. The van der Waals surface area contributed by atoms with Crippen LogP contribution in [0.1, 0.15) is 5.56 Å². The standard InChI is InChI=1S/C13H14BrN3/c1-3-7-15-13-16-8-9-17(13)11-6-4-5-10(2)12(11)14/h3-6,8-9H,1,7H2,2H3,(H,15,16). The molecule has 4 heteroatoms. The Morgan fingerprint density at radius 3 is 3.12 bits per heavy atom. The second-order valence-electron chi connectivity index (χ2n) is 3.70. The molecular weight excluding hydrogens is 278 g/mol. The Bertz CT molecular complexity index is 531. The molecule has 0 saturated heterocycles. The topological polar surface area (TPSA) is 29.9 Å². The van der Waals surface area contributed by atoms with Crippen LogP contribution >= 0.6 is 15.9 Å². The van der Waals surface area contributed by atoms with Crippen molar-refractivity contribution in [1.29, 1.82) is 0 Å². The van der Waals surface area contributed by atoms with E-state index < -0.39 is 0 Å². The Hall–Kier alpha value is -1.55. The molecule has 0 aliphatic carbocycles. The number of hydrogen-bond acceptors (Lipinski definition) is 2. The summed E-state index contributed by atoms with van der Waals surface area (Å²) >= 11 is 3.61. The fraction of sp³-hybridized carbons (Fsp3) is 0.154. The third kappa shape index (κ3) is 2.42. The highest BCUT2D eigenvalue weighted by Gasteiger charge is 2.08. The lowest BCUT2D eigenvalue weighted by atomic mass is 10.2. The lowest BCUT2D eigenvalue weighted by Gasteiger charge is -2.11. The van der Waals surface area contributed by atoms with E-state index in [4.69, 9.17) is 0 Å². The van der Waals surface area contributed by atoms with Crippen LogP contribution in [0.5, 0.6) is 0 Å². The summed E-state index contributed by atoms with van der Waals surface area (Å²) in [6, 6.07) is 6.16. The van der Waals surface area contributed by atoms with Crippen molar-refractivity contribution < 1.29 is 0 Å². The van der Waals surface area contributed by atoms with Gasteiger partial charge in [-0.2, -0.15) is 0 Å². The zero-order valence-corrected chi connectivity index (χ0v) is 11.2. The van der Waals surface area contributed by atoms with Gasteiger partial charge in [0, 0.05) is 23.4 Å². The maximum absolute atomic E-state index is 4.28. The third-order valence-electron chi connectivity index (χ3n) is 2.48. The summed E-state index contributed by atoms with van der Waals surface area (Å²) in [5.41, 5.74) is 2.28. The third-order valence-corrected chi connectivity index (χ3v) is 3.51. The smallest absolute Gasteiger partial charge is 0.207 e. The predicted molar refractivity (Wildman–Crippen MR) is 74.7 cm³/mol. The van der Waals surface area contributed by atoms with Crippen molar-refractivity contribution in [3.8, 4) is 5.69 Å². The molecule has 0 aliphatic heterocycles. The molecule has 1 aromatic carbocycles. The lowest BCUT2D eigenvalue weighted by Crippen LogP contribution is -2.06. The Kier molecular flexibility index (Phi) is 3.64. The number of anilines is 1. The van der Waals surface area contributed by atoms with Gasteiger partial charge >= 0.3 is 0 Å². The number of rotatable bonds is 4. The van der Waals surface area contributed by atoms with Crippen molar-refractivity contribution in [2.75, 3.05) is 11.9 Å². The highest BCUT2D eigenvalue weighted by Crippen LogP contribution is 2.26. The van der Waals surface area contributed by atoms with E-state index in [-0.39, 0.29) is 0 Å². The summed E-state index contributed by atoms with van der Waals surface area (Å²) in [6.45, 7) is 6.45. The molecule has 2 rings (SSSR count). The second kappa shape index (κ2) is 5.19. The number of aryl methyl sites for hydroxylation is 1. The van der Waals surface area contributed by atoms with Gasteiger partial charge in [0.25, 0.3) is 0 Å². The minimum Gasteiger partial charge on any atom is -0.352 e. The normalized spacial score (nSPS) is 10.2. The van der Waals surface area contributed by atoms with Crippen LogP contribution in [0.4, 0.5) is 5.95 Å². The zero-order chi connectivity index (χ0) is 12.3. The SMILES string of the molecule is C=CCNc1nccn1-c1cccc(C)c1Br. The van der Waals surface area contributed by atoms with Gasteiger partial charge in [-0.1, -0.05) is 18.2 Å². The molecule has 0 saturated carbocycles. The van der Waals surface area contributed by atoms with Gasteiger partial charge in [0.05, 0.1) is 5.69 Å². The molecule has 0 atom stereocenters. The molecular formula is C13H14BrN3. The number of imidazole rings is 1. The summed E-state index contributed by atoms with van der Waals surface area (Å²) < 4.78 is 3.10. The first kappa shape index (κ1) is 11.9. The first-order valence-electron chi connectivity index (χ1n) is 5.37. The van der Waals surface area contributed by atoms with Crippen molar-refractivity contribution in [3.63, 3.8) is 0 Å². The van der Waals surface area contributed by atoms with Crippen LogP contribution in [0.15, 0.2) is 47.7 Å². The molecule has 2 aromatic rings. The molecule has 0 spiro atoms. The van der Waals surface area contributed by atoms with Crippen molar-refractivity contribution in [1.82, 2.24) is 9.55 Å². The fourth-order valence-corrected chi connectivity index (χ4v) is 2.07. The first-order valence-corrected chi connectivity index (χ1v) is 6.17. The van der Waals surface area contributed by atoms with E-state index in [0.717, 1.165) is 16.1 Å². The van der Waals surface area contributed by atoms with E-state index in [1.54, 1.807) is 6.20 Å². The van der Waals surface area contributed by atoms with E-state index >= 15 is 0 Å². The molecule has 1 heterocycles. The molecule has 0 radical (unpaired) electrons. The zero-order valence-electron chi connectivity index (χ0n) is 9.65. The van der Waals surface area contributed by atoms with Gasteiger partial charge in [-0.15, -0.1) is 6.58 Å². The van der Waals surface area contributed by atoms with Crippen LogP contribution in [0.25, 0.3) is 5.69 Å². The summed E-state index contributed by atoms with van der Waals surface area (Å²) in [5, 5.41) is 3.20. The van der Waals surface area contributed by atoms with Gasteiger partial charge in [0.15, 0.2) is 0 Å². The van der Waals surface area contributed by atoms with E-state index in [2.05, 4.69) is 51.9 Å². The van der Waals surface area contributed by atoms with Crippen LogP contribution in [0.3, 0.4) is 0 Å². The fourth-order valence-electron chi connectivity index (χ4n) is 1.61. The number of hydrogen-bond donors (Lipinski definition) is 1. The van der Waals surface area contributed by atoms with Gasteiger partial charge in [-0.25, -0.2) is 4.98 Å². The van der Waals surface area contributed by atoms with Gasteiger partial charge in [-0.05, 0) is 34.5 Å². The van der Waals surface area contributed by atoms with E-state index in [1.807, 2.05) is 22.9 Å².